The molecule has 0 radical (unpaired) electrons. The molecule has 0 bridgehead atoms. The summed E-state index contributed by atoms with van der Waals surface area (Å²) in [7, 11) is 0. The molecule has 3 rings (SSSR count). The van der Waals surface area contributed by atoms with Crippen LogP contribution in [0.2, 0.25) is 0 Å². The van der Waals surface area contributed by atoms with Gasteiger partial charge in [-0.05, 0) is 47.8 Å². The average molecular weight is 349 g/mol. The van der Waals surface area contributed by atoms with E-state index in [1.165, 1.54) is 0 Å². The van der Waals surface area contributed by atoms with E-state index in [-0.39, 0.29) is 5.91 Å². The Morgan fingerprint density at radius 3 is 2.76 bits per heavy atom. The lowest BCUT2D eigenvalue weighted by atomic mass is 10.0. The fourth-order valence-electron chi connectivity index (χ4n) is 2.73. The Morgan fingerprint density at radius 1 is 1.38 bits per heavy atom. The van der Waals surface area contributed by atoms with Crippen molar-refractivity contribution in [1.82, 2.24) is 19.7 Å². The third kappa shape index (κ3) is 3.00. The predicted molar refractivity (Wildman–Crippen MR) is 83.1 cm³/mol. The molecule has 1 aliphatic rings. The fraction of sp³-hybridized carbons (Fsp3) is 0.400. The number of likely N-dealkylation sites (tertiary alicyclic amines) is 1. The zero-order valence-corrected chi connectivity index (χ0v) is 13.5. The van der Waals surface area contributed by atoms with E-state index in [0.717, 1.165) is 36.1 Å². The predicted octanol–water partition coefficient (Wildman–Crippen LogP) is 2.83. The van der Waals surface area contributed by atoms with E-state index in [9.17, 15) is 4.79 Å². The molecule has 0 atom stereocenters. The van der Waals surface area contributed by atoms with Crippen molar-refractivity contribution in [3.8, 4) is 0 Å². The molecule has 0 aliphatic carbocycles. The second-order valence-electron chi connectivity index (χ2n) is 5.30. The quantitative estimate of drug-likeness (QED) is 0.838. The topological polar surface area (TPSA) is 51.0 Å². The first-order valence-corrected chi connectivity index (χ1v) is 7.85. The number of hydrogen-bond acceptors (Lipinski definition) is 3. The molecule has 0 aromatic carbocycles. The summed E-state index contributed by atoms with van der Waals surface area (Å²) in [4.78, 5) is 18.6. The van der Waals surface area contributed by atoms with Crippen LogP contribution in [0.5, 0.6) is 0 Å². The molecule has 3 heterocycles. The Bertz CT molecular complexity index is 647. The first-order chi connectivity index (χ1) is 10.1. The van der Waals surface area contributed by atoms with Crippen molar-refractivity contribution >= 4 is 21.8 Å². The van der Waals surface area contributed by atoms with Gasteiger partial charge < -0.3 is 4.90 Å². The molecule has 0 spiro atoms. The molecular weight excluding hydrogens is 332 g/mol. The molecule has 2 aromatic rings. The van der Waals surface area contributed by atoms with Crippen molar-refractivity contribution in [3.63, 3.8) is 0 Å². The molecule has 1 fully saturated rings. The van der Waals surface area contributed by atoms with Gasteiger partial charge in [-0.1, -0.05) is 0 Å². The van der Waals surface area contributed by atoms with Crippen LogP contribution in [0, 0.1) is 6.92 Å². The highest BCUT2D eigenvalue weighted by atomic mass is 79.9. The molecule has 0 unspecified atom stereocenters. The summed E-state index contributed by atoms with van der Waals surface area (Å²) in [5.74, 6) is 0.0840. The maximum absolute atomic E-state index is 12.5. The maximum Gasteiger partial charge on any atom is 0.255 e. The van der Waals surface area contributed by atoms with E-state index >= 15 is 0 Å². The molecule has 5 nitrogen and oxygen atoms in total. The number of hydrogen-bond donors (Lipinski definition) is 0. The Morgan fingerprint density at radius 2 is 2.14 bits per heavy atom. The molecule has 110 valence electrons. The number of piperidine rings is 1. The molecule has 6 heteroatoms. The van der Waals surface area contributed by atoms with E-state index in [0.29, 0.717) is 11.6 Å². The molecule has 2 aromatic heterocycles. The second-order valence-corrected chi connectivity index (χ2v) is 6.21. The lowest BCUT2D eigenvalue weighted by molar-refractivity contribution is 0.0688. The normalized spacial score (nSPS) is 16.2. The fourth-order valence-corrected chi connectivity index (χ4v) is 3.03. The summed E-state index contributed by atoms with van der Waals surface area (Å²) in [6.07, 6.45) is 7.37. The molecule has 1 saturated heterocycles. The van der Waals surface area contributed by atoms with Gasteiger partial charge in [-0.2, -0.15) is 5.10 Å². The maximum atomic E-state index is 12.5. The van der Waals surface area contributed by atoms with Crippen LogP contribution >= 0.6 is 15.9 Å². The van der Waals surface area contributed by atoms with Gasteiger partial charge in [0.05, 0.1) is 22.3 Å². The molecular formula is C15H17BrN4O. The van der Waals surface area contributed by atoms with Crippen LogP contribution < -0.4 is 0 Å². The Balaban J connectivity index is 1.66. The third-order valence-electron chi connectivity index (χ3n) is 3.93. The number of amides is 1. The minimum absolute atomic E-state index is 0.0840. The second kappa shape index (κ2) is 5.97. The van der Waals surface area contributed by atoms with Crippen LogP contribution in [-0.4, -0.2) is 38.7 Å². The summed E-state index contributed by atoms with van der Waals surface area (Å²) in [6, 6.07) is 4.03. The average Bonchev–Trinajstić information content (AvgIpc) is 2.94. The van der Waals surface area contributed by atoms with Gasteiger partial charge in [0.1, 0.15) is 0 Å². The summed E-state index contributed by atoms with van der Waals surface area (Å²) >= 11 is 3.42. The van der Waals surface area contributed by atoms with Gasteiger partial charge in [-0.15, -0.1) is 0 Å². The third-order valence-corrected chi connectivity index (χ3v) is 4.34. The zero-order chi connectivity index (χ0) is 14.8. The van der Waals surface area contributed by atoms with Crippen molar-refractivity contribution in [3.05, 3.63) is 46.5 Å². The lowest BCUT2D eigenvalue weighted by Gasteiger charge is -2.32. The number of nitrogens with zero attached hydrogens (tertiary/aromatic N) is 4. The van der Waals surface area contributed by atoms with Crippen molar-refractivity contribution in [2.75, 3.05) is 13.1 Å². The molecule has 21 heavy (non-hydrogen) atoms. The van der Waals surface area contributed by atoms with E-state index in [4.69, 9.17) is 0 Å². The summed E-state index contributed by atoms with van der Waals surface area (Å²) in [5.41, 5.74) is 1.50. The van der Waals surface area contributed by atoms with Crippen LogP contribution in [0.25, 0.3) is 0 Å². The van der Waals surface area contributed by atoms with Crippen molar-refractivity contribution in [1.29, 1.82) is 0 Å². The van der Waals surface area contributed by atoms with Crippen LogP contribution in [0.3, 0.4) is 0 Å². The largest absolute Gasteiger partial charge is 0.338 e. The first-order valence-electron chi connectivity index (χ1n) is 7.05. The van der Waals surface area contributed by atoms with Gasteiger partial charge in [-0.3, -0.25) is 14.5 Å². The van der Waals surface area contributed by atoms with Gasteiger partial charge in [0.2, 0.25) is 0 Å². The van der Waals surface area contributed by atoms with E-state index in [1.807, 2.05) is 34.8 Å². The van der Waals surface area contributed by atoms with Gasteiger partial charge >= 0.3 is 0 Å². The standard InChI is InChI=1S/C15H17BrN4O/c1-11-14(3-2-6-17-11)15(21)19-7-4-13(5-8-19)20-10-12(16)9-18-20/h2-3,6,9-10,13H,4-5,7-8H2,1H3. The summed E-state index contributed by atoms with van der Waals surface area (Å²) in [6.45, 7) is 3.39. The van der Waals surface area contributed by atoms with Crippen molar-refractivity contribution in [2.24, 2.45) is 0 Å². The molecule has 1 amide bonds. The first kappa shape index (κ1) is 14.3. The highest BCUT2D eigenvalue weighted by molar-refractivity contribution is 9.10. The zero-order valence-electron chi connectivity index (χ0n) is 11.9. The molecule has 1 aliphatic heterocycles. The minimum Gasteiger partial charge on any atom is -0.338 e. The highest BCUT2D eigenvalue weighted by Gasteiger charge is 2.25. The van der Waals surface area contributed by atoms with E-state index in [2.05, 4.69) is 26.0 Å². The number of aryl methyl sites for hydroxylation is 1. The summed E-state index contributed by atoms with van der Waals surface area (Å²) in [5, 5.41) is 4.34. The van der Waals surface area contributed by atoms with Gasteiger partial charge in [0.15, 0.2) is 0 Å². The van der Waals surface area contributed by atoms with E-state index in [1.54, 1.807) is 12.4 Å². The van der Waals surface area contributed by atoms with E-state index < -0.39 is 0 Å². The van der Waals surface area contributed by atoms with Crippen LogP contribution in [0.15, 0.2) is 35.2 Å². The minimum atomic E-state index is 0.0840. The van der Waals surface area contributed by atoms with Crippen molar-refractivity contribution < 1.29 is 4.79 Å². The number of halogens is 1. The molecule has 0 saturated carbocycles. The smallest absolute Gasteiger partial charge is 0.255 e. The number of pyridine rings is 1. The SMILES string of the molecule is Cc1ncccc1C(=O)N1CCC(n2cc(Br)cn2)CC1. The Labute approximate surface area is 132 Å². The monoisotopic (exact) mass is 348 g/mol. The van der Waals surface area contributed by atoms with Gasteiger partial charge in [-0.25, -0.2) is 0 Å². The van der Waals surface area contributed by atoms with Crippen molar-refractivity contribution in [2.45, 2.75) is 25.8 Å². The number of carbonyl (C=O) groups is 1. The Hall–Kier alpha value is -1.69. The van der Waals surface area contributed by atoms with Gasteiger partial charge in [0, 0.05) is 31.2 Å². The number of rotatable bonds is 2. The Kier molecular flexibility index (Phi) is 4.05. The molecule has 0 N–H and O–H groups in total. The van der Waals surface area contributed by atoms with Crippen LogP contribution in [0.4, 0.5) is 0 Å². The lowest BCUT2D eigenvalue weighted by Crippen LogP contribution is -2.39. The van der Waals surface area contributed by atoms with Crippen LogP contribution in [0.1, 0.15) is 34.9 Å². The number of aromatic nitrogens is 3. The van der Waals surface area contributed by atoms with Gasteiger partial charge in [0.25, 0.3) is 5.91 Å². The van der Waals surface area contributed by atoms with Crippen LogP contribution in [-0.2, 0) is 0 Å². The summed E-state index contributed by atoms with van der Waals surface area (Å²) < 4.78 is 2.98. The number of carbonyl (C=O) groups excluding carboxylic acids is 1. The highest BCUT2D eigenvalue weighted by Crippen LogP contribution is 2.24.